The second kappa shape index (κ2) is 15.4. The zero-order chi connectivity index (χ0) is 33.1. The van der Waals surface area contributed by atoms with E-state index in [1.54, 1.807) is 66.7 Å². The van der Waals surface area contributed by atoms with E-state index in [2.05, 4.69) is 16.0 Å². The van der Waals surface area contributed by atoms with E-state index < -0.39 is 11.8 Å². The number of thioether (sulfide) groups is 1. The predicted octanol–water partition coefficient (Wildman–Crippen LogP) is 8.77. The molecule has 0 bridgehead atoms. The molecule has 6 rings (SSSR count). The Labute approximate surface area is 282 Å². The van der Waals surface area contributed by atoms with Crippen LogP contribution in [-0.2, 0) is 9.59 Å². The predicted molar refractivity (Wildman–Crippen MR) is 193 cm³/mol. The lowest BCUT2D eigenvalue weighted by Gasteiger charge is -2.13. The number of hydrogen-bond acceptors (Lipinski definition) is 5. The molecule has 48 heavy (non-hydrogen) atoms. The van der Waals surface area contributed by atoms with Crippen molar-refractivity contribution in [3.63, 3.8) is 0 Å². The van der Waals surface area contributed by atoms with Gasteiger partial charge in [-0.1, -0.05) is 78.9 Å². The molecule has 0 aromatic heterocycles. The number of para-hydroxylation sites is 1. The van der Waals surface area contributed by atoms with E-state index in [1.165, 1.54) is 11.8 Å². The Morgan fingerprint density at radius 1 is 0.604 bits per heavy atom. The zero-order valence-electron chi connectivity index (χ0n) is 25.8. The minimum absolute atomic E-state index is 0.106. The summed E-state index contributed by atoms with van der Waals surface area (Å²) < 4.78 is 5.80. The topological polar surface area (TPSA) is 96.5 Å². The highest BCUT2D eigenvalue weighted by atomic mass is 32.2. The maximum absolute atomic E-state index is 13.5. The molecule has 0 saturated heterocycles. The standard InChI is InChI=1S/C40H31N3O4S/c44-38(41-31-18-22-34(23-19-31)47-33-15-5-2-6-16-33)27-48-35-24-20-32(21-25-35)42-40(46)37(43-39(45)29-11-3-1-4-12-29)26-30-14-9-13-28-10-7-8-17-36(28)30/h1-26H,27H2,(H,41,44)(H,42,46)(H,43,45)/b37-26-. The largest absolute Gasteiger partial charge is 0.457 e. The summed E-state index contributed by atoms with van der Waals surface area (Å²) in [5.74, 6) is 0.619. The molecule has 3 N–H and O–H groups in total. The Hall–Kier alpha value is -6.12. The van der Waals surface area contributed by atoms with Crippen LogP contribution in [0.3, 0.4) is 0 Å². The second-order valence-corrected chi connectivity index (χ2v) is 11.8. The maximum atomic E-state index is 13.5. The molecule has 0 saturated carbocycles. The number of benzene rings is 6. The Bertz CT molecular complexity index is 2060. The highest BCUT2D eigenvalue weighted by molar-refractivity contribution is 8.00. The fourth-order valence-corrected chi connectivity index (χ4v) is 5.58. The van der Waals surface area contributed by atoms with Gasteiger partial charge < -0.3 is 20.7 Å². The van der Waals surface area contributed by atoms with Crippen LogP contribution in [0.15, 0.2) is 162 Å². The van der Waals surface area contributed by atoms with Crippen molar-refractivity contribution >= 4 is 57.7 Å². The van der Waals surface area contributed by atoms with Gasteiger partial charge in [-0.3, -0.25) is 14.4 Å². The van der Waals surface area contributed by atoms with Crippen LogP contribution in [-0.4, -0.2) is 23.5 Å². The van der Waals surface area contributed by atoms with Gasteiger partial charge in [0, 0.05) is 21.8 Å². The number of rotatable bonds is 11. The van der Waals surface area contributed by atoms with E-state index in [0.29, 0.717) is 22.7 Å². The van der Waals surface area contributed by atoms with Crippen molar-refractivity contribution in [1.82, 2.24) is 5.32 Å². The smallest absolute Gasteiger partial charge is 0.272 e. The molecule has 6 aromatic carbocycles. The van der Waals surface area contributed by atoms with Crippen molar-refractivity contribution < 1.29 is 19.1 Å². The van der Waals surface area contributed by atoms with Crippen molar-refractivity contribution in [3.8, 4) is 11.5 Å². The molecule has 236 valence electrons. The van der Waals surface area contributed by atoms with Crippen molar-refractivity contribution in [1.29, 1.82) is 0 Å². The second-order valence-electron chi connectivity index (χ2n) is 10.7. The van der Waals surface area contributed by atoms with Crippen molar-refractivity contribution in [2.24, 2.45) is 0 Å². The Morgan fingerprint density at radius 3 is 1.96 bits per heavy atom. The van der Waals surface area contributed by atoms with Gasteiger partial charge >= 0.3 is 0 Å². The first-order chi connectivity index (χ1) is 23.5. The fraction of sp³-hybridized carbons (Fsp3) is 0.0250. The van der Waals surface area contributed by atoms with Crippen LogP contribution in [0, 0.1) is 0 Å². The fourth-order valence-electron chi connectivity index (χ4n) is 4.88. The number of anilines is 2. The molecule has 0 atom stereocenters. The van der Waals surface area contributed by atoms with Crippen molar-refractivity contribution in [3.05, 3.63) is 168 Å². The number of nitrogens with one attached hydrogen (secondary N) is 3. The van der Waals surface area contributed by atoms with Gasteiger partial charge in [0.2, 0.25) is 5.91 Å². The summed E-state index contributed by atoms with van der Waals surface area (Å²) in [5, 5.41) is 10.6. The number of carbonyl (C=O) groups excluding carboxylic acids is 3. The number of fused-ring (bicyclic) bond motifs is 1. The zero-order valence-corrected chi connectivity index (χ0v) is 26.6. The monoisotopic (exact) mass is 649 g/mol. The molecule has 8 heteroatoms. The number of amides is 3. The summed E-state index contributed by atoms with van der Waals surface area (Å²) in [5.41, 5.74) is 2.56. The van der Waals surface area contributed by atoms with Gasteiger partial charge in [0.25, 0.3) is 11.8 Å². The van der Waals surface area contributed by atoms with Gasteiger partial charge in [-0.25, -0.2) is 0 Å². The molecular weight excluding hydrogens is 619 g/mol. The molecule has 7 nitrogen and oxygen atoms in total. The van der Waals surface area contributed by atoms with E-state index in [0.717, 1.165) is 27.0 Å². The third-order valence-corrected chi connectivity index (χ3v) is 8.26. The van der Waals surface area contributed by atoms with Gasteiger partial charge in [0.1, 0.15) is 17.2 Å². The number of ether oxygens (including phenoxy) is 1. The first kappa shape index (κ1) is 31.8. The molecule has 6 aromatic rings. The van der Waals surface area contributed by atoms with Gasteiger partial charge in [0.05, 0.1) is 5.75 Å². The summed E-state index contributed by atoms with van der Waals surface area (Å²) in [7, 11) is 0. The van der Waals surface area contributed by atoms with Crippen LogP contribution in [0.25, 0.3) is 16.8 Å². The highest BCUT2D eigenvalue weighted by Gasteiger charge is 2.16. The Balaban J connectivity index is 1.08. The summed E-state index contributed by atoms with van der Waals surface area (Å²) >= 11 is 1.38. The first-order valence-electron chi connectivity index (χ1n) is 15.2. The normalized spacial score (nSPS) is 11.0. The first-order valence-corrected chi connectivity index (χ1v) is 16.2. The SMILES string of the molecule is O=C(CSc1ccc(NC(=O)/C(=C/c2cccc3ccccc23)NC(=O)c2ccccc2)cc1)Nc1ccc(Oc2ccccc2)cc1. The average Bonchev–Trinajstić information content (AvgIpc) is 3.13. The molecular formula is C40H31N3O4S. The van der Waals surface area contributed by atoms with Crippen LogP contribution < -0.4 is 20.7 Å². The lowest BCUT2D eigenvalue weighted by atomic mass is 10.0. The molecule has 0 aliphatic heterocycles. The van der Waals surface area contributed by atoms with Crippen LogP contribution >= 0.6 is 11.8 Å². The van der Waals surface area contributed by atoms with E-state index in [1.807, 2.05) is 91.0 Å². The lowest BCUT2D eigenvalue weighted by Crippen LogP contribution is -2.30. The van der Waals surface area contributed by atoms with Crippen LogP contribution in [0.4, 0.5) is 11.4 Å². The van der Waals surface area contributed by atoms with E-state index in [-0.39, 0.29) is 17.4 Å². The molecule has 3 amide bonds. The summed E-state index contributed by atoms with van der Waals surface area (Å²) in [4.78, 5) is 40.1. The molecule has 0 aliphatic carbocycles. The Kier molecular flexibility index (Phi) is 10.2. The quantitative estimate of drug-likeness (QED) is 0.0963. The van der Waals surface area contributed by atoms with Gasteiger partial charge in [-0.2, -0.15) is 0 Å². The number of carbonyl (C=O) groups is 3. The molecule has 0 radical (unpaired) electrons. The number of hydrogen-bond donors (Lipinski definition) is 3. The third-order valence-electron chi connectivity index (χ3n) is 7.25. The van der Waals surface area contributed by atoms with Crippen LogP contribution in [0.1, 0.15) is 15.9 Å². The highest BCUT2D eigenvalue weighted by Crippen LogP contribution is 2.25. The van der Waals surface area contributed by atoms with Crippen molar-refractivity contribution in [2.45, 2.75) is 4.90 Å². The minimum Gasteiger partial charge on any atom is -0.457 e. The van der Waals surface area contributed by atoms with E-state index >= 15 is 0 Å². The molecule has 0 spiro atoms. The van der Waals surface area contributed by atoms with E-state index in [9.17, 15) is 14.4 Å². The lowest BCUT2D eigenvalue weighted by molar-refractivity contribution is -0.114. The minimum atomic E-state index is -0.466. The molecule has 0 unspecified atom stereocenters. The molecule has 0 fully saturated rings. The Morgan fingerprint density at radius 2 is 1.21 bits per heavy atom. The average molecular weight is 650 g/mol. The van der Waals surface area contributed by atoms with Crippen molar-refractivity contribution in [2.75, 3.05) is 16.4 Å². The third kappa shape index (κ3) is 8.57. The van der Waals surface area contributed by atoms with Gasteiger partial charge in [-0.05, 0) is 95.2 Å². The van der Waals surface area contributed by atoms with Crippen LogP contribution in [0.5, 0.6) is 11.5 Å². The van der Waals surface area contributed by atoms with Gasteiger partial charge in [-0.15, -0.1) is 11.8 Å². The van der Waals surface area contributed by atoms with E-state index in [4.69, 9.17) is 4.74 Å². The van der Waals surface area contributed by atoms with Gasteiger partial charge in [0.15, 0.2) is 0 Å². The summed E-state index contributed by atoms with van der Waals surface area (Å²) in [6, 6.07) is 46.3. The molecule has 0 aliphatic rings. The van der Waals surface area contributed by atoms with Crippen LogP contribution in [0.2, 0.25) is 0 Å². The molecule has 0 heterocycles. The summed E-state index contributed by atoms with van der Waals surface area (Å²) in [6.07, 6.45) is 1.69. The summed E-state index contributed by atoms with van der Waals surface area (Å²) in [6.45, 7) is 0. The maximum Gasteiger partial charge on any atom is 0.272 e.